The summed E-state index contributed by atoms with van der Waals surface area (Å²) in [6.07, 6.45) is 6.02. The summed E-state index contributed by atoms with van der Waals surface area (Å²) in [4.78, 5) is 4.25. The van der Waals surface area contributed by atoms with E-state index in [2.05, 4.69) is 34.7 Å². The van der Waals surface area contributed by atoms with Crippen molar-refractivity contribution in [3.63, 3.8) is 0 Å². The number of imidazole rings is 1. The Morgan fingerprint density at radius 1 is 1.04 bits per heavy atom. The van der Waals surface area contributed by atoms with Gasteiger partial charge in [-0.3, -0.25) is 0 Å². The van der Waals surface area contributed by atoms with Crippen LogP contribution in [0.15, 0.2) is 72.6 Å². The number of hydrogen-bond donors (Lipinski definition) is 0. The van der Waals surface area contributed by atoms with Gasteiger partial charge in [0.25, 0.3) is 0 Å². The van der Waals surface area contributed by atoms with E-state index in [1.807, 2.05) is 61.8 Å². The molecule has 3 aromatic rings. The van der Waals surface area contributed by atoms with Gasteiger partial charge in [0.05, 0.1) is 0 Å². The van der Waals surface area contributed by atoms with Crippen LogP contribution in [-0.4, -0.2) is 9.55 Å². The van der Waals surface area contributed by atoms with Crippen molar-refractivity contribution >= 4 is 6.08 Å². The van der Waals surface area contributed by atoms with Crippen molar-refractivity contribution in [3.05, 3.63) is 84.0 Å². The van der Waals surface area contributed by atoms with Crippen LogP contribution in [0.5, 0.6) is 11.5 Å². The number of nitrogens with zero attached hydrogens (tertiary/aromatic N) is 2. The average Bonchev–Trinajstić information content (AvgIpc) is 2.95. The zero-order valence-corrected chi connectivity index (χ0v) is 13.4. The molecule has 0 aliphatic heterocycles. The minimum absolute atomic E-state index is 0.844. The van der Waals surface area contributed by atoms with Gasteiger partial charge in [-0.2, -0.15) is 0 Å². The molecule has 1 heterocycles. The van der Waals surface area contributed by atoms with Gasteiger partial charge >= 0.3 is 0 Å². The summed E-state index contributed by atoms with van der Waals surface area (Å²) in [5.74, 6) is 2.73. The van der Waals surface area contributed by atoms with Crippen molar-refractivity contribution in [3.8, 4) is 11.5 Å². The Morgan fingerprint density at radius 3 is 2.39 bits per heavy atom. The lowest BCUT2D eigenvalue weighted by Crippen LogP contribution is -2.00. The second kappa shape index (κ2) is 6.97. The van der Waals surface area contributed by atoms with Crippen molar-refractivity contribution in [2.45, 2.75) is 20.4 Å². The lowest BCUT2D eigenvalue weighted by atomic mass is 10.1. The Hall–Kier alpha value is -2.81. The number of aromatic nitrogens is 2. The standard InChI is InChI=1S/C20H20N2O/c1-16(15-22-13-12-21-17(22)2)14-18-8-10-20(11-9-18)23-19-6-4-3-5-7-19/h3-14H,15H2,1-2H3. The first-order valence-corrected chi connectivity index (χ1v) is 7.68. The van der Waals surface area contributed by atoms with Crippen LogP contribution in [0, 0.1) is 6.92 Å². The Labute approximate surface area is 136 Å². The van der Waals surface area contributed by atoms with E-state index in [1.54, 1.807) is 0 Å². The summed E-state index contributed by atoms with van der Waals surface area (Å²) in [6, 6.07) is 17.9. The van der Waals surface area contributed by atoms with Crippen LogP contribution < -0.4 is 4.74 Å². The lowest BCUT2D eigenvalue weighted by molar-refractivity contribution is 0.482. The van der Waals surface area contributed by atoms with Crippen molar-refractivity contribution in [1.29, 1.82) is 0 Å². The maximum Gasteiger partial charge on any atom is 0.127 e. The number of para-hydroxylation sites is 1. The number of allylic oxidation sites excluding steroid dienone is 1. The molecule has 0 saturated carbocycles. The summed E-state index contributed by atoms with van der Waals surface area (Å²) in [5, 5.41) is 0. The zero-order valence-electron chi connectivity index (χ0n) is 13.4. The number of benzene rings is 2. The molecule has 0 amide bonds. The van der Waals surface area contributed by atoms with Crippen LogP contribution in [-0.2, 0) is 6.54 Å². The first-order chi connectivity index (χ1) is 11.2. The maximum atomic E-state index is 5.81. The van der Waals surface area contributed by atoms with E-state index in [9.17, 15) is 0 Å². The molecule has 116 valence electrons. The highest BCUT2D eigenvalue weighted by Crippen LogP contribution is 2.22. The Balaban J connectivity index is 1.67. The van der Waals surface area contributed by atoms with Gasteiger partial charge in [-0.05, 0) is 43.7 Å². The normalized spacial score (nSPS) is 11.5. The molecule has 0 aliphatic carbocycles. The summed E-state index contributed by atoms with van der Waals surface area (Å²) in [6.45, 7) is 5.00. The second-order valence-corrected chi connectivity index (χ2v) is 5.58. The van der Waals surface area contributed by atoms with E-state index in [0.29, 0.717) is 0 Å². The highest BCUT2D eigenvalue weighted by Gasteiger charge is 1.99. The van der Waals surface area contributed by atoms with E-state index in [-0.39, 0.29) is 0 Å². The Bertz CT molecular complexity index is 786. The fourth-order valence-electron chi connectivity index (χ4n) is 2.43. The fraction of sp³-hybridized carbons (Fsp3) is 0.150. The highest BCUT2D eigenvalue weighted by atomic mass is 16.5. The van der Waals surface area contributed by atoms with Crippen LogP contribution in [0.4, 0.5) is 0 Å². The number of hydrogen-bond acceptors (Lipinski definition) is 2. The van der Waals surface area contributed by atoms with Crippen molar-refractivity contribution in [2.75, 3.05) is 0 Å². The van der Waals surface area contributed by atoms with Gasteiger partial charge in [-0.15, -0.1) is 0 Å². The third-order valence-corrected chi connectivity index (χ3v) is 3.62. The maximum absolute atomic E-state index is 5.81. The minimum atomic E-state index is 0.844. The first kappa shape index (κ1) is 15.1. The molecular weight excluding hydrogens is 284 g/mol. The smallest absolute Gasteiger partial charge is 0.127 e. The first-order valence-electron chi connectivity index (χ1n) is 7.68. The quantitative estimate of drug-likeness (QED) is 0.656. The third-order valence-electron chi connectivity index (χ3n) is 3.62. The molecule has 3 nitrogen and oxygen atoms in total. The minimum Gasteiger partial charge on any atom is -0.457 e. The van der Waals surface area contributed by atoms with Crippen molar-refractivity contribution in [2.24, 2.45) is 0 Å². The SMILES string of the molecule is CC(=Cc1ccc(Oc2ccccc2)cc1)Cn1ccnc1C. The predicted molar refractivity (Wildman–Crippen MR) is 93.6 cm³/mol. The molecule has 0 radical (unpaired) electrons. The van der Waals surface area contributed by atoms with Gasteiger partial charge in [0.1, 0.15) is 17.3 Å². The van der Waals surface area contributed by atoms with Crippen LogP contribution in [0.2, 0.25) is 0 Å². The highest BCUT2D eigenvalue weighted by molar-refractivity contribution is 5.53. The summed E-state index contributed by atoms with van der Waals surface area (Å²) in [5.41, 5.74) is 2.45. The molecule has 0 unspecified atom stereocenters. The summed E-state index contributed by atoms with van der Waals surface area (Å²) < 4.78 is 7.94. The number of rotatable bonds is 5. The van der Waals surface area contributed by atoms with E-state index in [4.69, 9.17) is 4.74 Å². The van der Waals surface area contributed by atoms with E-state index >= 15 is 0 Å². The summed E-state index contributed by atoms with van der Waals surface area (Å²) in [7, 11) is 0. The third kappa shape index (κ3) is 4.10. The van der Waals surface area contributed by atoms with Crippen LogP contribution in [0.1, 0.15) is 18.3 Å². The van der Waals surface area contributed by atoms with E-state index in [1.165, 1.54) is 11.1 Å². The summed E-state index contributed by atoms with van der Waals surface area (Å²) >= 11 is 0. The molecule has 0 spiro atoms. The zero-order chi connectivity index (χ0) is 16.1. The second-order valence-electron chi connectivity index (χ2n) is 5.58. The van der Waals surface area contributed by atoms with Gasteiger partial charge in [-0.1, -0.05) is 42.0 Å². The predicted octanol–water partition coefficient (Wildman–Crippen LogP) is 5.09. The monoisotopic (exact) mass is 304 g/mol. The number of ether oxygens (including phenoxy) is 1. The lowest BCUT2D eigenvalue weighted by Gasteiger charge is -2.07. The molecule has 23 heavy (non-hydrogen) atoms. The van der Waals surface area contributed by atoms with Crippen LogP contribution in [0.3, 0.4) is 0 Å². The van der Waals surface area contributed by atoms with Crippen molar-refractivity contribution < 1.29 is 4.74 Å². The molecular formula is C20H20N2O. The molecule has 2 aromatic carbocycles. The fourth-order valence-corrected chi connectivity index (χ4v) is 2.43. The van der Waals surface area contributed by atoms with E-state index < -0.39 is 0 Å². The molecule has 3 heteroatoms. The van der Waals surface area contributed by atoms with Crippen LogP contribution in [0.25, 0.3) is 6.08 Å². The molecule has 0 saturated heterocycles. The molecule has 0 bridgehead atoms. The topological polar surface area (TPSA) is 27.1 Å². The Kier molecular flexibility index (Phi) is 4.57. The molecule has 0 N–H and O–H groups in total. The van der Waals surface area contributed by atoms with Crippen LogP contribution >= 0.6 is 0 Å². The molecule has 0 aliphatic rings. The van der Waals surface area contributed by atoms with Gasteiger partial charge in [0, 0.05) is 18.9 Å². The van der Waals surface area contributed by atoms with Gasteiger partial charge in [0.15, 0.2) is 0 Å². The van der Waals surface area contributed by atoms with Crippen molar-refractivity contribution in [1.82, 2.24) is 9.55 Å². The molecule has 0 atom stereocenters. The van der Waals surface area contributed by atoms with Gasteiger partial charge in [-0.25, -0.2) is 4.98 Å². The van der Waals surface area contributed by atoms with Gasteiger partial charge < -0.3 is 9.30 Å². The molecule has 1 aromatic heterocycles. The molecule has 3 rings (SSSR count). The molecule has 0 fully saturated rings. The largest absolute Gasteiger partial charge is 0.457 e. The number of aryl methyl sites for hydroxylation is 1. The average molecular weight is 304 g/mol. The van der Waals surface area contributed by atoms with E-state index in [0.717, 1.165) is 23.9 Å². The Morgan fingerprint density at radius 2 is 1.74 bits per heavy atom. The van der Waals surface area contributed by atoms with Gasteiger partial charge in [0.2, 0.25) is 0 Å².